The fourth-order valence-corrected chi connectivity index (χ4v) is 3.21. The smallest absolute Gasteiger partial charge is 0.258 e. The van der Waals surface area contributed by atoms with Crippen molar-refractivity contribution in [1.29, 1.82) is 0 Å². The maximum absolute atomic E-state index is 12.2. The molecule has 2 aromatic rings. The average molecular weight is 286 g/mol. The summed E-state index contributed by atoms with van der Waals surface area (Å²) in [5.41, 5.74) is 1.81. The molecule has 0 saturated carbocycles. The Balaban J connectivity index is 1.91. The third-order valence-electron chi connectivity index (χ3n) is 3.99. The van der Waals surface area contributed by atoms with Gasteiger partial charge in [0.25, 0.3) is 5.56 Å². The molecule has 1 aromatic carbocycles. The van der Waals surface area contributed by atoms with Gasteiger partial charge in [-0.15, -0.1) is 0 Å². The van der Waals surface area contributed by atoms with Crippen molar-refractivity contribution in [2.24, 2.45) is 0 Å². The molecule has 5 nitrogen and oxygen atoms in total. The summed E-state index contributed by atoms with van der Waals surface area (Å²) in [5.74, 6) is 0.753. The number of fused-ring (bicyclic) bond motifs is 1. The van der Waals surface area contributed by atoms with E-state index in [2.05, 4.69) is 34.0 Å². The van der Waals surface area contributed by atoms with E-state index < -0.39 is 0 Å². The molecule has 1 aromatic heterocycles. The summed E-state index contributed by atoms with van der Waals surface area (Å²) < 4.78 is 0. The lowest BCUT2D eigenvalue weighted by Gasteiger charge is -2.35. The molecule has 0 spiro atoms. The van der Waals surface area contributed by atoms with Crippen molar-refractivity contribution in [3.05, 3.63) is 39.9 Å². The first-order chi connectivity index (χ1) is 10.0. The van der Waals surface area contributed by atoms with E-state index in [4.69, 9.17) is 0 Å². The lowest BCUT2D eigenvalue weighted by Crippen LogP contribution is -2.53. The van der Waals surface area contributed by atoms with E-state index in [-0.39, 0.29) is 5.56 Å². The molecule has 2 N–H and O–H groups in total. The van der Waals surface area contributed by atoms with Crippen LogP contribution in [0.3, 0.4) is 0 Å². The van der Waals surface area contributed by atoms with Crippen LogP contribution < -0.4 is 10.9 Å². The molecular weight excluding hydrogens is 264 g/mol. The normalized spacial score (nSPS) is 23.6. The van der Waals surface area contributed by atoms with E-state index in [0.29, 0.717) is 24.0 Å². The fourth-order valence-electron chi connectivity index (χ4n) is 3.21. The second-order valence-corrected chi connectivity index (χ2v) is 6.15. The van der Waals surface area contributed by atoms with Crippen LogP contribution in [0.15, 0.2) is 23.0 Å². The molecule has 5 heteroatoms. The molecule has 3 rings (SSSR count). The van der Waals surface area contributed by atoms with Crippen LogP contribution in [-0.2, 0) is 6.54 Å². The molecule has 1 aliphatic rings. The summed E-state index contributed by atoms with van der Waals surface area (Å²) in [6, 6.07) is 6.64. The highest BCUT2D eigenvalue weighted by atomic mass is 16.1. The number of aromatic amines is 1. The third kappa shape index (κ3) is 2.99. The van der Waals surface area contributed by atoms with Crippen molar-refractivity contribution in [1.82, 2.24) is 20.2 Å². The summed E-state index contributed by atoms with van der Waals surface area (Å²) in [6.07, 6.45) is 0. The Morgan fingerprint density at radius 3 is 2.71 bits per heavy atom. The molecule has 0 bridgehead atoms. The predicted octanol–water partition coefficient (Wildman–Crippen LogP) is 1.41. The molecule has 2 atom stereocenters. The number of para-hydroxylation sites is 1. The Morgan fingerprint density at radius 2 is 2.00 bits per heavy atom. The second-order valence-electron chi connectivity index (χ2n) is 6.15. The van der Waals surface area contributed by atoms with Crippen molar-refractivity contribution in [2.45, 2.75) is 39.4 Å². The molecule has 0 amide bonds. The minimum atomic E-state index is -0.0464. The Labute approximate surface area is 124 Å². The highest BCUT2D eigenvalue weighted by Crippen LogP contribution is 2.13. The number of hydrogen-bond acceptors (Lipinski definition) is 4. The Hall–Kier alpha value is -1.72. The van der Waals surface area contributed by atoms with Gasteiger partial charge < -0.3 is 10.3 Å². The van der Waals surface area contributed by atoms with Gasteiger partial charge in [-0.25, -0.2) is 4.98 Å². The van der Waals surface area contributed by atoms with E-state index in [1.807, 2.05) is 25.1 Å². The number of H-pyrrole nitrogens is 1. The minimum Gasteiger partial charge on any atom is -0.309 e. The molecule has 112 valence electrons. The van der Waals surface area contributed by atoms with Gasteiger partial charge in [0.05, 0.1) is 17.4 Å². The minimum absolute atomic E-state index is 0.0464. The SMILES string of the molecule is Cc1cccc2c(=O)[nH]c(CN3CC(C)NC(C)C3)nc12. The highest BCUT2D eigenvalue weighted by Gasteiger charge is 2.21. The molecular formula is C16H22N4O. The van der Waals surface area contributed by atoms with Crippen LogP contribution in [0, 0.1) is 6.92 Å². The Bertz CT molecular complexity index is 699. The van der Waals surface area contributed by atoms with Gasteiger partial charge in [-0.1, -0.05) is 12.1 Å². The summed E-state index contributed by atoms with van der Waals surface area (Å²) in [7, 11) is 0. The van der Waals surface area contributed by atoms with Gasteiger partial charge >= 0.3 is 0 Å². The quantitative estimate of drug-likeness (QED) is 0.876. The van der Waals surface area contributed by atoms with Crippen LogP contribution in [0.5, 0.6) is 0 Å². The monoisotopic (exact) mass is 286 g/mol. The van der Waals surface area contributed by atoms with Crippen molar-refractivity contribution in [3.8, 4) is 0 Å². The van der Waals surface area contributed by atoms with E-state index in [1.165, 1.54) is 0 Å². The maximum atomic E-state index is 12.2. The van der Waals surface area contributed by atoms with Gasteiger partial charge in [0.15, 0.2) is 0 Å². The van der Waals surface area contributed by atoms with Gasteiger partial charge in [-0.3, -0.25) is 9.69 Å². The number of nitrogens with zero attached hydrogens (tertiary/aromatic N) is 2. The second kappa shape index (κ2) is 5.58. The summed E-state index contributed by atoms with van der Waals surface area (Å²) in [4.78, 5) is 22.1. The maximum Gasteiger partial charge on any atom is 0.258 e. The molecule has 0 aliphatic carbocycles. The number of hydrogen-bond donors (Lipinski definition) is 2. The zero-order valence-corrected chi connectivity index (χ0v) is 12.8. The molecule has 1 fully saturated rings. The van der Waals surface area contributed by atoms with E-state index in [0.717, 1.165) is 30.0 Å². The number of aryl methyl sites for hydroxylation is 1. The first-order valence-electron chi connectivity index (χ1n) is 7.50. The zero-order chi connectivity index (χ0) is 15.0. The number of rotatable bonds is 2. The molecule has 2 unspecified atom stereocenters. The number of nitrogens with one attached hydrogen (secondary N) is 2. The van der Waals surface area contributed by atoms with E-state index in [9.17, 15) is 4.79 Å². The first-order valence-corrected chi connectivity index (χ1v) is 7.50. The average Bonchev–Trinajstić information content (AvgIpc) is 2.39. The fraction of sp³-hybridized carbons (Fsp3) is 0.500. The van der Waals surface area contributed by atoms with Crippen LogP contribution in [0.1, 0.15) is 25.2 Å². The van der Waals surface area contributed by atoms with Crippen molar-refractivity contribution < 1.29 is 0 Å². The van der Waals surface area contributed by atoms with E-state index >= 15 is 0 Å². The van der Waals surface area contributed by atoms with Crippen LogP contribution in [-0.4, -0.2) is 40.0 Å². The third-order valence-corrected chi connectivity index (χ3v) is 3.99. The lowest BCUT2D eigenvalue weighted by atomic mass is 10.1. The summed E-state index contributed by atoms with van der Waals surface area (Å²) in [5, 5.41) is 4.18. The van der Waals surface area contributed by atoms with Crippen LogP contribution in [0.2, 0.25) is 0 Å². The molecule has 0 radical (unpaired) electrons. The van der Waals surface area contributed by atoms with Gasteiger partial charge in [0, 0.05) is 25.2 Å². The zero-order valence-electron chi connectivity index (χ0n) is 12.8. The van der Waals surface area contributed by atoms with Gasteiger partial charge in [0.2, 0.25) is 0 Å². The van der Waals surface area contributed by atoms with E-state index in [1.54, 1.807) is 0 Å². The first kappa shape index (κ1) is 14.2. The Kier molecular flexibility index (Phi) is 3.78. The van der Waals surface area contributed by atoms with Crippen molar-refractivity contribution >= 4 is 10.9 Å². The summed E-state index contributed by atoms with van der Waals surface area (Å²) >= 11 is 0. The largest absolute Gasteiger partial charge is 0.309 e. The number of benzene rings is 1. The van der Waals surface area contributed by atoms with Crippen molar-refractivity contribution in [2.75, 3.05) is 13.1 Å². The van der Waals surface area contributed by atoms with Crippen LogP contribution in [0.25, 0.3) is 10.9 Å². The lowest BCUT2D eigenvalue weighted by molar-refractivity contribution is 0.163. The summed E-state index contributed by atoms with van der Waals surface area (Å²) in [6.45, 7) is 9.00. The predicted molar refractivity (Wildman–Crippen MR) is 84.4 cm³/mol. The van der Waals surface area contributed by atoms with Gasteiger partial charge in [0.1, 0.15) is 5.82 Å². The van der Waals surface area contributed by atoms with Crippen LogP contribution in [0.4, 0.5) is 0 Å². The molecule has 1 saturated heterocycles. The van der Waals surface area contributed by atoms with Crippen LogP contribution >= 0.6 is 0 Å². The number of piperazine rings is 1. The topological polar surface area (TPSA) is 61.0 Å². The molecule has 1 aliphatic heterocycles. The standard InChI is InChI=1S/C16H22N4O/c1-10-5-4-6-13-15(10)18-14(19-16(13)21)9-20-7-11(2)17-12(3)8-20/h4-6,11-12,17H,7-9H2,1-3H3,(H,18,19,21). The van der Waals surface area contributed by atoms with Gasteiger partial charge in [-0.2, -0.15) is 0 Å². The molecule has 2 heterocycles. The Morgan fingerprint density at radius 1 is 1.29 bits per heavy atom. The molecule has 21 heavy (non-hydrogen) atoms. The van der Waals surface area contributed by atoms with Crippen molar-refractivity contribution in [3.63, 3.8) is 0 Å². The van der Waals surface area contributed by atoms with Gasteiger partial charge in [-0.05, 0) is 32.4 Å². The number of aromatic nitrogens is 2. The highest BCUT2D eigenvalue weighted by molar-refractivity contribution is 5.80.